The second kappa shape index (κ2) is 11.2. The number of nitrogens with two attached hydrogens (primary N) is 1. The first kappa shape index (κ1) is 27.9. The molecule has 1 aliphatic rings. The van der Waals surface area contributed by atoms with Gasteiger partial charge in [-0.15, -0.1) is 0 Å². The highest BCUT2D eigenvalue weighted by atomic mass is 32.7. The van der Waals surface area contributed by atoms with E-state index in [4.69, 9.17) is 27.2 Å². The van der Waals surface area contributed by atoms with Crippen molar-refractivity contribution in [1.82, 2.24) is 14.6 Å². The lowest BCUT2D eigenvalue weighted by Crippen LogP contribution is -2.42. The molecule has 1 aromatic carbocycles. The van der Waals surface area contributed by atoms with E-state index in [1.807, 2.05) is 0 Å². The summed E-state index contributed by atoms with van der Waals surface area (Å²) in [5.74, 6) is -5.70. The van der Waals surface area contributed by atoms with Gasteiger partial charge in [0.15, 0.2) is 6.10 Å². The molecule has 5 atom stereocenters. The summed E-state index contributed by atoms with van der Waals surface area (Å²) in [4.78, 5) is 42.1. The highest BCUT2D eigenvalue weighted by Crippen LogP contribution is 2.50. The molecule has 0 radical (unpaired) electrons. The summed E-state index contributed by atoms with van der Waals surface area (Å²) in [5, 5.41) is 23.6. The zero-order valence-electron chi connectivity index (χ0n) is 18.7. The van der Waals surface area contributed by atoms with Gasteiger partial charge in [0.2, 0.25) is 13.3 Å². The van der Waals surface area contributed by atoms with Crippen LogP contribution in [0.2, 0.25) is 0 Å². The molecule has 1 saturated heterocycles. The number of alkyl halides is 2. The van der Waals surface area contributed by atoms with E-state index in [9.17, 15) is 33.5 Å². The van der Waals surface area contributed by atoms with Crippen LogP contribution in [0.3, 0.4) is 0 Å². The largest absolute Gasteiger partial charge is 0.862 e. The number of amides is 1. The number of aliphatic hydroxyl groups is 1. The lowest BCUT2D eigenvalue weighted by Gasteiger charge is -2.26. The fourth-order valence-corrected chi connectivity index (χ4v) is 4.68. The zero-order valence-corrected chi connectivity index (χ0v) is 20.4. The number of ether oxygens (including phenoxy) is 1. The SMILES string of the molecule is CC([O-])=NC(Cc1ccccc1)C(=O)N[P+](O)([S-])OC[C@H]1O[C@@H](n2ccc(N)nc2=O)C(F)(F)[C@@H]1O. The Labute approximate surface area is 209 Å². The fraction of sp³-hybridized carbons (Fsp3) is 0.400. The molecule has 0 aliphatic carbocycles. The van der Waals surface area contributed by atoms with Crippen LogP contribution in [0, 0.1) is 0 Å². The standard InChI is InChI=1S/C20H24F2N5O7PS/c1-11(28)24-13(9-12-5-3-2-4-6-12)17(30)26-35(32,36)33-10-14-16(29)20(21,22)18(34-14)27-8-7-15(23)25-19(27)31/h2-8,13-14,16,18,29H,9-10H2,1H3,(H,24,28)(H2,23,25,31)(H2,26,30,32,36)/p-1/t13?,14-,16-,18-,35?/m1/s1. The maximum Gasteiger partial charge on any atom is 0.351 e. The van der Waals surface area contributed by atoms with E-state index in [-0.39, 0.29) is 12.2 Å². The Morgan fingerprint density at radius 1 is 1.44 bits per heavy atom. The second-order valence-electron chi connectivity index (χ2n) is 7.83. The number of rotatable bonds is 9. The highest BCUT2D eigenvalue weighted by molar-refractivity contribution is 8.37. The van der Waals surface area contributed by atoms with Gasteiger partial charge in [-0.05, 0) is 24.5 Å². The normalized spacial score (nSPS) is 24.2. The van der Waals surface area contributed by atoms with Crippen LogP contribution in [0.4, 0.5) is 14.6 Å². The molecule has 0 spiro atoms. The Kier molecular flexibility index (Phi) is 8.64. The number of hydrogen-bond acceptors (Lipinski definition) is 11. The average molecular weight is 546 g/mol. The summed E-state index contributed by atoms with van der Waals surface area (Å²) >= 11 is 4.89. The van der Waals surface area contributed by atoms with Gasteiger partial charge in [-0.1, -0.05) is 30.3 Å². The molecule has 1 aromatic heterocycles. The molecule has 5 N–H and O–H groups in total. The smallest absolute Gasteiger partial charge is 0.351 e. The van der Waals surface area contributed by atoms with Gasteiger partial charge < -0.3 is 32.9 Å². The summed E-state index contributed by atoms with van der Waals surface area (Å²) in [6, 6.07) is 8.48. The molecule has 36 heavy (non-hydrogen) atoms. The molecule has 12 nitrogen and oxygen atoms in total. The predicted molar refractivity (Wildman–Crippen MR) is 125 cm³/mol. The molecule has 2 unspecified atom stereocenters. The van der Waals surface area contributed by atoms with Crippen molar-refractivity contribution in [3.05, 3.63) is 58.6 Å². The maximum absolute atomic E-state index is 14.6. The topological polar surface area (TPSA) is 184 Å². The number of halogens is 2. The van der Waals surface area contributed by atoms with Gasteiger partial charge in [-0.3, -0.25) is 14.4 Å². The molecular weight excluding hydrogens is 523 g/mol. The van der Waals surface area contributed by atoms with Gasteiger partial charge in [-0.2, -0.15) is 18.9 Å². The Hall–Kier alpha value is -2.68. The number of nitrogens with zero attached hydrogens (tertiary/aromatic N) is 3. The molecule has 0 saturated carbocycles. The van der Waals surface area contributed by atoms with E-state index in [1.165, 1.54) is 0 Å². The van der Waals surface area contributed by atoms with E-state index in [0.717, 1.165) is 19.2 Å². The van der Waals surface area contributed by atoms with Crippen molar-refractivity contribution in [2.45, 2.75) is 43.7 Å². The van der Waals surface area contributed by atoms with Gasteiger partial charge in [-0.25, -0.2) is 14.2 Å². The number of hydrogen-bond donors (Lipinski definition) is 4. The third-order valence-electron chi connectivity index (χ3n) is 5.06. The first-order valence-corrected chi connectivity index (χ1v) is 13.1. The quantitative estimate of drug-likeness (QED) is 0.138. The average Bonchev–Trinajstić information content (AvgIpc) is 3.01. The number of aliphatic hydroxyl groups excluding tert-OH is 1. The van der Waals surface area contributed by atoms with E-state index >= 15 is 0 Å². The van der Waals surface area contributed by atoms with E-state index in [2.05, 4.69) is 15.1 Å². The zero-order chi connectivity index (χ0) is 26.7. The summed E-state index contributed by atoms with van der Waals surface area (Å²) in [7, 11) is -4.15. The van der Waals surface area contributed by atoms with Gasteiger partial charge in [0.1, 0.15) is 24.6 Å². The minimum Gasteiger partial charge on any atom is -0.862 e. The monoisotopic (exact) mass is 546 g/mol. The van der Waals surface area contributed by atoms with Crippen molar-refractivity contribution >= 4 is 36.9 Å². The minimum atomic E-state index is -4.15. The number of anilines is 1. The number of nitrogens with one attached hydrogen (secondary N) is 1. The lowest BCUT2D eigenvalue weighted by atomic mass is 10.1. The van der Waals surface area contributed by atoms with E-state index in [0.29, 0.717) is 10.1 Å². The molecule has 2 heterocycles. The Bertz CT molecular complexity index is 1170. The molecule has 2 aromatic rings. The molecule has 16 heteroatoms. The number of benzene rings is 1. The molecule has 0 bridgehead atoms. The van der Waals surface area contributed by atoms with Crippen LogP contribution >= 0.6 is 7.07 Å². The molecular formula is C20H23F2N5O7PS-. The molecule has 1 aliphatic heterocycles. The predicted octanol–water partition coefficient (Wildman–Crippen LogP) is -0.541. The van der Waals surface area contributed by atoms with Crippen molar-refractivity contribution in [1.29, 1.82) is 0 Å². The van der Waals surface area contributed by atoms with Crippen LogP contribution in [0.25, 0.3) is 0 Å². The van der Waals surface area contributed by atoms with Crippen LogP contribution in [-0.2, 0) is 32.7 Å². The summed E-state index contributed by atoms with van der Waals surface area (Å²) in [6.07, 6.45) is -5.47. The van der Waals surface area contributed by atoms with Gasteiger partial charge in [0, 0.05) is 12.6 Å². The summed E-state index contributed by atoms with van der Waals surface area (Å²) in [6.45, 7) is 0.291. The van der Waals surface area contributed by atoms with Crippen LogP contribution in [0.1, 0.15) is 18.7 Å². The fourth-order valence-electron chi connectivity index (χ4n) is 3.38. The molecule has 196 valence electrons. The Balaban J connectivity index is 1.67. The lowest BCUT2D eigenvalue weighted by molar-refractivity contribution is -0.216. The van der Waals surface area contributed by atoms with Crippen molar-refractivity contribution in [3.63, 3.8) is 0 Å². The summed E-state index contributed by atoms with van der Waals surface area (Å²) in [5.41, 5.74) is 4.90. The van der Waals surface area contributed by atoms with Crippen LogP contribution in [0.15, 0.2) is 52.4 Å². The Morgan fingerprint density at radius 3 is 2.72 bits per heavy atom. The number of carbonyl (C=O) groups is 1. The maximum atomic E-state index is 14.6. The van der Waals surface area contributed by atoms with Gasteiger partial charge in [0.05, 0.1) is 0 Å². The Morgan fingerprint density at radius 2 is 2.11 bits per heavy atom. The van der Waals surface area contributed by atoms with Crippen molar-refractivity contribution < 1.29 is 37.9 Å². The van der Waals surface area contributed by atoms with Crippen molar-refractivity contribution in [2.75, 3.05) is 12.3 Å². The summed E-state index contributed by atoms with van der Waals surface area (Å²) < 4.78 is 39.9. The molecule has 1 amide bonds. The number of nitrogen functional groups attached to an aromatic ring is 1. The molecule has 3 rings (SSSR count). The third-order valence-corrected chi connectivity index (χ3v) is 6.65. The second-order valence-corrected chi connectivity index (χ2v) is 10.8. The number of aromatic nitrogens is 2. The highest BCUT2D eigenvalue weighted by Gasteiger charge is 2.60. The number of aliphatic imine (C=N–C) groups is 1. The van der Waals surface area contributed by atoms with Gasteiger partial charge in [0.25, 0.3) is 5.91 Å². The van der Waals surface area contributed by atoms with E-state index < -0.39 is 61.6 Å². The third kappa shape index (κ3) is 6.75. The van der Waals surface area contributed by atoms with E-state index in [1.54, 1.807) is 30.3 Å². The van der Waals surface area contributed by atoms with Crippen molar-refractivity contribution in [3.8, 4) is 0 Å². The minimum absolute atomic E-state index is 0.0182. The molecule has 1 fully saturated rings. The first-order chi connectivity index (χ1) is 16.8. The number of carbonyl (C=O) groups excluding carboxylic acids is 1. The van der Waals surface area contributed by atoms with Crippen molar-refractivity contribution in [2.24, 2.45) is 4.99 Å². The van der Waals surface area contributed by atoms with Crippen LogP contribution in [0.5, 0.6) is 0 Å². The van der Waals surface area contributed by atoms with Crippen LogP contribution < -0.4 is 21.6 Å². The first-order valence-electron chi connectivity index (χ1n) is 10.4. The van der Waals surface area contributed by atoms with Gasteiger partial charge >= 0.3 is 11.6 Å². The van der Waals surface area contributed by atoms with Crippen LogP contribution in [-0.4, -0.2) is 62.1 Å².